The summed E-state index contributed by atoms with van der Waals surface area (Å²) in [6, 6.07) is 0. The van der Waals surface area contributed by atoms with Crippen molar-refractivity contribution in [2.75, 3.05) is 35.8 Å². The zero-order chi connectivity index (χ0) is 17.7. The van der Waals surface area contributed by atoms with E-state index in [1.54, 1.807) is 0 Å². The van der Waals surface area contributed by atoms with Gasteiger partial charge in [0.25, 0.3) is 0 Å². The normalized spacial score (nSPS) is 18.3. The highest BCUT2D eigenvalue weighted by Gasteiger charge is 2.29. The van der Waals surface area contributed by atoms with E-state index in [4.69, 9.17) is 10.5 Å². The summed E-state index contributed by atoms with van der Waals surface area (Å²) in [7, 11) is 0. The number of ether oxygens (including phenoxy) is 1. The number of nitrogens with one attached hydrogen (secondary N) is 2. The number of piperidine rings is 1. The van der Waals surface area contributed by atoms with E-state index in [1.807, 2.05) is 32.6 Å². The van der Waals surface area contributed by atoms with E-state index in [2.05, 4.69) is 20.8 Å². The molecule has 0 bridgehead atoms. The molecule has 0 amide bonds. The third-order valence-electron chi connectivity index (χ3n) is 3.76. The maximum Gasteiger partial charge on any atom is 0.310 e. The standard InChI is InChI=1S/C16H28N6O2/c1-5-24-15(23)11-7-6-8-22(9-11)14-12(17)13(18-10-19-14)20-21-16(2,3)4/h10-11,21H,5-9,17H2,1-4H3,(H,18,19,20). The lowest BCUT2D eigenvalue weighted by Crippen LogP contribution is -2.41. The Morgan fingerprint density at radius 3 is 2.88 bits per heavy atom. The SMILES string of the molecule is CCOC(=O)C1CCCN(c2ncnc(NNC(C)(C)C)c2N)C1. The van der Waals surface area contributed by atoms with Gasteiger partial charge in [0.15, 0.2) is 11.6 Å². The fourth-order valence-corrected chi connectivity index (χ4v) is 2.61. The monoisotopic (exact) mass is 336 g/mol. The average molecular weight is 336 g/mol. The summed E-state index contributed by atoms with van der Waals surface area (Å²) in [6.07, 6.45) is 3.21. The van der Waals surface area contributed by atoms with Crippen LogP contribution in [-0.4, -0.2) is 41.2 Å². The number of hydrogen-bond acceptors (Lipinski definition) is 8. The number of nitrogens with two attached hydrogens (primary N) is 1. The van der Waals surface area contributed by atoms with Crippen molar-refractivity contribution in [3.8, 4) is 0 Å². The Balaban J connectivity index is 2.12. The van der Waals surface area contributed by atoms with Crippen molar-refractivity contribution in [1.82, 2.24) is 15.4 Å². The van der Waals surface area contributed by atoms with Crippen LogP contribution >= 0.6 is 0 Å². The van der Waals surface area contributed by atoms with Crippen LogP contribution in [0.3, 0.4) is 0 Å². The first-order valence-corrected chi connectivity index (χ1v) is 8.37. The van der Waals surface area contributed by atoms with Gasteiger partial charge in [-0.05, 0) is 40.5 Å². The molecule has 8 nitrogen and oxygen atoms in total. The zero-order valence-electron chi connectivity index (χ0n) is 14.9. The van der Waals surface area contributed by atoms with Gasteiger partial charge >= 0.3 is 5.97 Å². The molecule has 1 aromatic heterocycles. The lowest BCUT2D eigenvalue weighted by molar-refractivity contribution is -0.148. The second-order valence-electron chi connectivity index (χ2n) is 7.00. The van der Waals surface area contributed by atoms with Crippen molar-refractivity contribution in [3.63, 3.8) is 0 Å². The lowest BCUT2D eigenvalue weighted by Gasteiger charge is -2.33. The van der Waals surface area contributed by atoms with Crippen LogP contribution in [0.1, 0.15) is 40.5 Å². The van der Waals surface area contributed by atoms with Crippen LogP contribution in [-0.2, 0) is 9.53 Å². The third kappa shape index (κ3) is 4.70. The number of anilines is 3. The average Bonchev–Trinajstić information content (AvgIpc) is 2.53. The molecule has 134 valence electrons. The predicted molar refractivity (Wildman–Crippen MR) is 94.5 cm³/mol. The molecule has 8 heteroatoms. The Morgan fingerprint density at radius 2 is 2.21 bits per heavy atom. The van der Waals surface area contributed by atoms with E-state index >= 15 is 0 Å². The number of hydrazine groups is 1. The maximum absolute atomic E-state index is 12.0. The minimum absolute atomic E-state index is 0.127. The molecule has 0 aliphatic carbocycles. The molecular weight excluding hydrogens is 308 g/mol. The number of esters is 1. The molecule has 0 radical (unpaired) electrons. The van der Waals surface area contributed by atoms with Crippen LogP contribution in [0.5, 0.6) is 0 Å². The van der Waals surface area contributed by atoms with Gasteiger partial charge in [-0.25, -0.2) is 15.4 Å². The van der Waals surface area contributed by atoms with Gasteiger partial charge in [-0.15, -0.1) is 0 Å². The minimum Gasteiger partial charge on any atom is -0.466 e. The highest BCUT2D eigenvalue weighted by Crippen LogP contribution is 2.30. The molecule has 1 saturated heterocycles. The molecule has 1 aliphatic heterocycles. The molecule has 2 rings (SSSR count). The van der Waals surface area contributed by atoms with Gasteiger partial charge in [-0.3, -0.25) is 4.79 Å². The Morgan fingerprint density at radius 1 is 1.46 bits per heavy atom. The molecular formula is C16H28N6O2. The van der Waals surface area contributed by atoms with Gasteiger partial charge in [-0.1, -0.05) is 0 Å². The summed E-state index contributed by atoms with van der Waals surface area (Å²) in [5, 5.41) is 0. The van der Waals surface area contributed by atoms with Crippen LogP contribution in [0.25, 0.3) is 0 Å². The summed E-state index contributed by atoms with van der Waals surface area (Å²) in [5.74, 6) is 0.894. The number of hydrogen-bond donors (Lipinski definition) is 3. The van der Waals surface area contributed by atoms with Crippen molar-refractivity contribution >= 4 is 23.3 Å². The second-order valence-corrected chi connectivity index (χ2v) is 7.00. The lowest BCUT2D eigenvalue weighted by atomic mass is 9.98. The van der Waals surface area contributed by atoms with Gasteiger partial charge < -0.3 is 20.8 Å². The van der Waals surface area contributed by atoms with Crippen LogP contribution in [0, 0.1) is 5.92 Å². The van der Waals surface area contributed by atoms with E-state index < -0.39 is 0 Å². The van der Waals surface area contributed by atoms with Gasteiger partial charge in [0.1, 0.15) is 12.0 Å². The minimum atomic E-state index is -0.150. The second kappa shape index (κ2) is 7.65. The van der Waals surface area contributed by atoms with Crippen LogP contribution in [0.4, 0.5) is 17.3 Å². The van der Waals surface area contributed by atoms with Crippen LogP contribution < -0.4 is 21.5 Å². The first-order chi connectivity index (χ1) is 11.3. The molecule has 1 atom stereocenters. The van der Waals surface area contributed by atoms with E-state index in [0.717, 1.165) is 19.4 Å². The summed E-state index contributed by atoms with van der Waals surface area (Å²) >= 11 is 0. The fraction of sp³-hybridized carbons (Fsp3) is 0.688. The number of rotatable bonds is 5. The number of nitrogen functional groups attached to an aromatic ring is 1. The largest absolute Gasteiger partial charge is 0.466 e. The molecule has 1 aromatic rings. The summed E-state index contributed by atoms with van der Waals surface area (Å²) in [4.78, 5) is 22.5. The van der Waals surface area contributed by atoms with Gasteiger partial charge in [0.2, 0.25) is 0 Å². The topological polar surface area (TPSA) is 105 Å². The van der Waals surface area contributed by atoms with Gasteiger partial charge in [0, 0.05) is 18.6 Å². The quantitative estimate of drug-likeness (QED) is 0.549. The molecule has 0 saturated carbocycles. The smallest absolute Gasteiger partial charge is 0.310 e. The molecule has 24 heavy (non-hydrogen) atoms. The Kier molecular flexibility index (Phi) is 5.82. The fourth-order valence-electron chi connectivity index (χ4n) is 2.61. The van der Waals surface area contributed by atoms with E-state index in [0.29, 0.717) is 30.5 Å². The molecule has 1 fully saturated rings. The molecule has 0 spiro atoms. The van der Waals surface area contributed by atoms with Crippen molar-refractivity contribution in [2.24, 2.45) is 5.92 Å². The molecule has 2 heterocycles. The first kappa shape index (κ1) is 18.3. The van der Waals surface area contributed by atoms with Crippen molar-refractivity contribution < 1.29 is 9.53 Å². The Labute approximate surface area is 143 Å². The van der Waals surface area contributed by atoms with Gasteiger partial charge in [0.05, 0.1) is 12.5 Å². The Hall–Kier alpha value is -2.09. The molecule has 1 aliphatic rings. The number of carbonyl (C=O) groups is 1. The number of nitrogens with zero attached hydrogens (tertiary/aromatic N) is 3. The van der Waals surface area contributed by atoms with E-state index in [9.17, 15) is 4.79 Å². The summed E-state index contributed by atoms with van der Waals surface area (Å²) in [6.45, 7) is 9.70. The number of carbonyl (C=O) groups excluding carboxylic acids is 1. The van der Waals surface area contributed by atoms with E-state index in [1.165, 1.54) is 6.33 Å². The molecule has 0 aromatic carbocycles. The highest BCUT2D eigenvalue weighted by molar-refractivity contribution is 5.77. The van der Waals surface area contributed by atoms with Crippen LogP contribution in [0.15, 0.2) is 6.33 Å². The summed E-state index contributed by atoms with van der Waals surface area (Å²) < 4.78 is 5.14. The van der Waals surface area contributed by atoms with Crippen molar-refractivity contribution in [1.29, 1.82) is 0 Å². The zero-order valence-corrected chi connectivity index (χ0v) is 14.9. The Bertz CT molecular complexity index is 572. The first-order valence-electron chi connectivity index (χ1n) is 8.37. The maximum atomic E-state index is 12.0. The predicted octanol–water partition coefficient (Wildman–Crippen LogP) is 1.55. The van der Waals surface area contributed by atoms with E-state index in [-0.39, 0.29) is 17.4 Å². The van der Waals surface area contributed by atoms with Crippen molar-refractivity contribution in [3.05, 3.63) is 6.33 Å². The summed E-state index contributed by atoms with van der Waals surface area (Å²) in [5.41, 5.74) is 12.8. The van der Waals surface area contributed by atoms with Gasteiger partial charge in [-0.2, -0.15) is 0 Å². The highest BCUT2D eigenvalue weighted by atomic mass is 16.5. The third-order valence-corrected chi connectivity index (χ3v) is 3.76. The van der Waals surface area contributed by atoms with Crippen molar-refractivity contribution in [2.45, 2.75) is 46.1 Å². The molecule has 4 N–H and O–H groups in total. The number of aromatic nitrogens is 2. The van der Waals surface area contributed by atoms with Crippen LogP contribution in [0.2, 0.25) is 0 Å². The molecule has 1 unspecified atom stereocenters.